The van der Waals surface area contributed by atoms with Crippen LogP contribution < -0.4 is 0 Å². The van der Waals surface area contributed by atoms with Gasteiger partial charge in [0.15, 0.2) is 0 Å². The first-order valence-corrected chi connectivity index (χ1v) is 7.61. The Hall–Kier alpha value is -2.69. The first-order chi connectivity index (χ1) is 11.1. The van der Waals surface area contributed by atoms with Crippen LogP contribution in [0.2, 0.25) is 0 Å². The molecule has 1 aliphatic heterocycles. The molecule has 1 fully saturated rings. The van der Waals surface area contributed by atoms with Gasteiger partial charge < -0.3 is 4.90 Å². The molecule has 1 saturated heterocycles. The van der Waals surface area contributed by atoms with Gasteiger partial charge in [0, 0.05) is 25.2 Å². The molecule has 1 aliphatic rings. The molecule has 1 aromatic carbocycles. The summed E-state index contributed by atoms with van der Waals surface area (Å²) >= 11 is 0. The Labute approximate surface area is 133 Å². The molecule has 0 spiro atoms. The summed E-state index contributed by atoms with van der Waals surface area (Å²) in [7, 11) is 0. The fourth-order valence-electron chi connectivity index (χ4n) is 3.05. The Kier molecular flexibility index (Phi) is 3.15. The molecule has 0 saturated carbocycles. The van der Waals surface area contributed by atoms with E-state index in [9.17, 15) is 9.18 Å². The quantitative estimate of drug-likeness (QED) is 0.730. The van der Waals surface area contributed by atoms with Crippen molar-refractivity contribution in [3.8, 4) is 0 Å². The maximum atomic E-state index is 13.8. The number of imidazole rings is 1. The maximum absolute atomic E-state index is 13.8. The molecular formula is C18H16FN3O. The Morgan fingerprint density at radius 1 is 1.22 bits per heavy atom. The van der Waals surface area contributed by atoms with E-state index in [1.165, 1.54) is 6.07 Å². The first kappa shape index (κ1) is 13.9. The summed E-state index contributed by atoms with van der Waals surface area (Å²) in [4.78, 5) is 18.7. The van der Waals surface area contributed by atoms with E-state index in [4.69, 9.17) is 0 Å². The SMILES string of the molecule is Cc1ccc2ncc(C(=O)N3CC(c4ccccc4F)C3)n2c1. The molecule has 0 aliphatic carbocycles. The van der Waals surface area contributed by atoms with Crippen LogP contribution >= 0.6 is 0 Å². The average molecular weight is 309 g/mol. The van der Waals surface area contributed by atoms with Crippen LogP contribution in [0.1, 0.15) is 27.5 Å². The van der Waals surface area contributed by atoms with Crippen LogP contribution in [-0.4, -0.2) is 33.3 Å². The number of aromatic nitrogens is 2. The van der Waals surface area contributed by atoms with Gasteiger partial charge in [0.25, 0.3) is 5.91 Å². The zero-order chi connectivity index (χ0) is 16.0. The largest absolute Gasteiger partial charge is 0.336 e. The van der Waals surface area contributed by atoms with Crippen LogP contribution in [0.4, 0.5) is 4.39 Å². The van der Waals surface area contributed by atoms with E-state index in [1.54, 1.807) is 23.2 Å². The Bertz CT molecular complexity index is 896. The van der Waals surface area contributed by atoms with Crippen LogP contribution in [0.3, 0.4) is 0 Å². The molecule has 1 amide bonds. The number of hydrogen-bond donors (Lipinski definition) is 0. The number of rotatable bonds is 2. The van der Waals surface area contributed by atoms with Crippen molar-refractivity contribution < 1.29 is 9.18 Å². The van der Waals surface area contributed by atoms with Crippen molar-refractivity contribution >= 4 is 11.6 Å². The average Bonchev–Trinajstić information content (AvgIpc) is 2.90. The lowest BCUT2D eigenvalue weighted by Gasteiger charge is -2.39. The van der Waals surface area contributed by atoms with E-state index in [0.29, 0.717) is 24.3 Å². The highest BCUT2D eigenvalue weighted by molar-refractivity contribution is 5.94. The second-order valence-corrected chi connectivity index (χ2v) is 6.01. The van der Waals surface area contributed by atoms with Crippen molar-refractivity contribution in [1.29, 1.82) is 0 Å². The highest BCUT2D eigenvalue weighted by Crippen LogP contribution is 2.30. The Morgan fingerprint density at radius 3 is 2.78 bits per heavy atom. The highest BCUT2D eigenvalue weighted by Gasteiger charge is 2.34. The Morgan fingerprint density at radius 2 is 2.00 bits per heavy atom. The molecule has 4 rings (SSSR count). The number of fused-ring (bicyclic) bond motifs is 1. The summed E-state index contributed by atoms with van der Waals surface area (Å²) in [6, 6.07) is 10.6. The summed E-state index contributed by atoms with van der Waals surface area (Å²) in [6.07, 6.45) is 3.51. The normalized spacial score (nSPS) is 15.0. The highest BCUT2D eigenvalue weighted by atomic mass is 19.1. The monoisotopic (exact) mass is 309 g/mol. The first-order valence-electron chi connectivity index (χ1n) is 7.61. The van der Waals surface area contributed by atoms with Crippen molar-refractivity contribution in [2.24, 2.45) is 0 Å². The predicted octanol–water partition coefficient (Wildman–Crippen LogP) is 3.02. The molecule has 5 heteroatoms. The third-order valence-corrected chi connectivity index (χ3v) is 4.39. The summed E-state index contributed by atoms with van der Waals surface area (Å²) in [5.74, 6) is -0.188. The van der Waals surface area contributed by atoms with E-state index in [-0.39, 0.29) is 17.6 Å². The van der Waals surface area contributed by atoms with Gasteiger partial charge in [-0.15, -0.1) is 0 Å². The van der Waals surface area contributed by atoms with Gasteiger partial charge in [-0.2, -0.15) is 0 Å². The second kappa shape index (κ2) is 5.19. The van der Waals surface area contributed by atoms with Gasteiger partial charge in [-0.25, -0.2) is 9.37 Å². The topological polar surface area (TPSA) is 37.6 Å². The van der Waals surface area contributed by atoms with Gasteiger partial charge in [-0.1, -0.05) is 24.3 Å². The molecule has 0 bridgehead atoms. The zero-order valence-corrected chi connectivity index (χ0v) is 12.7. The molecule has 0 unspecified atom stereocenters. The van der Waals surface area contributed by atoms with Crippen molar-refractivity contribution in [3.05, 3.63) is 71.4 Å². The number of carbonyl (C=O) groups excluding carboxylic acids is 1. The molecule has 3 heterocycles. The molecule has 0 atom stereocenters. The third kappa shape index (κ3) is 2.29. The van der Waals surface area contributed by atoms with Crippen molar-refractivity contribution in [3.63, 3.8) is 0 Å². The van der Waals surface area contributed by atoms with Crippen LogP contribution in [-0.2, 0) is 0 Å². The number of likely N-dealkylation sites (tertiary alicyclic amines) is 1. The maximum Gasteiger partial charge on any atom is 0.272 e. The number of carbonyl (C=O) groups is 1. The smallest absolute Gasteiger partial charge is 0.272 e. The fourth-order valence-corrected chi connectivity index (χ4v) is 3.05. The molecule has 2 aromatic heterocycles. The van der Waals surface area contributed by atoms with Gasteiger partial charge in [-0.05, 0) is 30.2 Å². The molecular weight excluding hydrogens is 293 g/mol. The summed E-state index contributed by atoms with van der Waals surface area (Å²) < 4.78 is 15.6. The standard InChI is InChI=1S/C18H16FN3O/c1-12-6-7-17-20-8-16(22(17)9-12)18(23)21-10-13(11-21)14-4-2-3-5-15(14)19/h2-9,13H,10-11H2,1H3. The summed E-state index contributed by atoms with van der Waals surface area (Å²) in [5.41, 5.74) is 3.06. The molecule has 116 valence electrons. The second-order valence-electron chi connectivity index (χ2n) is 6.01. The van der Waals surface area contributed by atoms with E-state index in [1.807, 2.05) is 35.7 Å². The molecule has 0 N–H and O–H groups in total. The van der Waals surface area contributed by atoms with E-state index in [0.717, 1.165) is 11.2 Å². The zero-order valence-electron chi connectivity index (χ0n) is 12.7. The number of halogens is 1. The third-order valence-electron chi connectivity index (χ3n) is 4.39. The molecule has 4 nitrogen and oxygen atoms in total. The molecule has 23 heavy (non-hydrogen) atoms. The minimum absolute atomic E-state index is 0.0595. The molecule has 3 aromatic rings. The van der Waals surface area contributed by atoms with E-state index < -0.39 is 0 Å². The lowest BCUT2D eigenvalue weighted by Crippen LogP contribution is -2.49. The number of aryl methyl sites for hydroxylation is 1. The molecule has 0 radical (unpaired) electrons. The van der Waals surface area contributed by atoms with Gasteiger partial charge in [0.2, 0.25) is 0 Å². The number of benzene rings is 1. The van der Waals surface area contributed by atoms with Gasteiger partial charge >= 0.3 is 0 Å². The minimum atomic E-state index is -0.199. The lowest BCUT2D eigenvalue weighted by atomic mass is 9.91. The summed E-state index contributed by atoms with van der Waals surface area (Å²) in [6.45, 7) is 3.06. The predicted molar refractivity (Wildman–Crippen MR) is 85.0 cm³/mol. The van der Waals surface area contributed by atoms with Crippen molar-refractivity contribution in [2.75, 3.05) is 13.1 Å². The Balaban J connectivity index is 1.55. The lowest BCUT2D eigenvalue weighted by molar-refractivity contribution is 0.0591. The number of amides is 1. The van der Waals surface area contributed by atoms with Crippen LogP contribution in [0, 0.1) is 12.7 Å². The van der Waals surface area contributed by atoms with Gasteiger partial charge in [0.05, 0.1) is 6.20 Å². The number of pyridine rings is 1. The number of hydrogen-bond acceptors (Lipinski definition) is 2. The summed E-state index contributed by atoms with van der Waals surface area (Å²) in [5, 5.41) is 0. The van der Waals surface area contributed by atoms with Gasteiger partial charge in [0.1, 0.15) is 17.2 Å². The minimum Gasteiger partial charge on any atom is -0.336 e. The van der Waals surface area contributed by atoms with Crippen LogP contribution in [0.5, 0.6) is 0 Å². The van der Waals surface area contributed by atoms with Crippen molar-refractivity contribution in [1.82, 2.24) is 14.3 Å². The fraction of sp³-hybridized carbons (Fsp3) is 0.222. The van der Waals surface area contributed by atoms with E-state index in [2.05, 4.69) is 4.98 Å². The van der Waals surface area contributed by atoms with Crippen LogP contribution in [0.15, 0.2) is 48.8 Å². The van der Waals surface area contributed by atoms with Crippen molar-refractivity contribution in [2.45, 2.75) is 12.8 Å². The number of nitrogens with zero attached hydrogens (tertiary/aromatic N) is 3. The van der Waals surface area contributed by atoms with Crippen LogP contribution in [0.25, 0.3) is 5.65 Å². The van der Waals surface area contributed by atoms with Gasteiger partial charge in [-0.3, -0.25) is 9.20 Å². The van der Waals surface area contributed by atoms with E-state index >= 15 is 0 Å².